The molecule has 0 spiro atoms. The van der Waals surface area contributed by atoms with Crippen LogP contribution < -0.4 is 4.74 Å². The molecule has 0 amide bonds. The fourth-order valence-electron chi connectivity index (χ4n) is 2.56. The first-order valence-corrected chi connectivity index (χ1v) is 6.31. The molecular formula is C14H17N3O2. The number of nitrogens with zero attached hydrogens (tertiary/aromatic N) is 3. The van der Waals surface area contributed by atoms with E-state index in [1.165, 1.54) is 0 Å². The predicted molar refractivity (Wildman–Crippen MR) is 69.9 cm³/mol. The summed E-state index contributed by atoms with van der Waals surface area (Å²) in [6.45, 7) is 4.10. The first-order chi connectivity index (χ1) is 8.98. The Hall–Kier alpha value is -1.88. The van der Waals surface area contributed by atoms with Gasteiger partial charge in [0.1, 0.15) is 17.5 Å². The highest BCUT2D eigenvalue weighted by Gasteiger charge is 2.33. The van der Waals surface area contributed by atoms with Gasteiger partial charge >= 0.3 is 0 Å². The second-order valence-corrected chi connectivity index (χ2v) is 5.56. The smallest absolute Gasteiger partial charge is 0.129 e. The zero-order chi connectivity index (χ0) is 13.6. The van der Waals surface area contributed by atoms with E-state index >= 15 is 0 Å². The Morgan fingerprint density at radius 1 is 1.42 bits per heavy atom. The summed E-state index contributed by atoms with van der Waals surface area (Å²) in [5.41, 5.74) is 2.34. The fourth-order valence-corrected chi connectivity index (χ4v) is 2.56. The number of aliphatic hydroxyl groups is 1. The molecule has 1 atom stereocenters. The maximum absolute atomic E-state index is 10.5. The molecule has 100 valence electrons. The van der Waals surface area contributed by atoms with Crippen molar-refractivity contribution in [3.8, 4) is 5.75 Å². The Morgan fingerprint density at radius 3 is 2.89 bits per heavy atom. The number of aliphatic hydroxyl groups excluding tert-OH is 1. The standard InChI is InChI=1S/C14H17N3O2/c1-14(2)7-9-5-4-6-10(13(9)19-14)12(18)11-8-15-16-17(11)3/h4-6,8,12,18H,7H2,1-3H3. The second-order valence-electron chi connectivity index (χ2n) is 5.56. The average molecular weight is 259 g/mol. The lowest BCUT2D eigenvalue weighted by Crippen LogP contribution is -2.25. The van der Waals surface area contributed by atoms with Gasteiger partial charge in [0.15, 0.2) is 0 Å². The second kappa shape index (κ2) is 4.06. The van der Waals surface area contributed by atoms with Crippen LogP contribution in [0.15, 0.2) is 24.4 Å². The van der Waals surface area contributed by atoms with E-state index in [1.54, 1.807) is 17.9 Å². The van der Waals surface area contributed by atoms with E-state index < -0.39 is 6.10 Å². The molecule has 19 heavy (non-hydrogen) atoms. The van der Waals surface area contributed by atoms with Crippen molar-refractivity contribution in [1.29, 1.82) is 0 Å². The molecule has 1 N–H and O–H groups in total. The molecule has 3 rings (SSSR count). The molecule has 0 saturated heterocycles. The first-order valence-electron chi connectivity index (χ1n) is 6.31. The van der Waals surface area contributed by atoms with Gasteiger partial charge in [-0.1, -0.05) is 23.4 Å². The van der Waals surface area contributed by atoms with Crippen molar-refractivity contribution in [2.24, 2.45) is 7.05 Å². The van der Waals surface area contributed by atoms with Gasteiger partial charge in [0.2, 0.25) is 0 Å². The van der Waals surface area contributed by atoms with E-state index in [0.29, 0.717) is 5.69 Å². The third-order valence-corrected chi connectivity index (χ3v) is 3.45. The number of hydrogen-bond acceptors (Lipinski definition) is 4. The highest BCUT2D eigenvalue weighted by atomic mass is 16.5. The van der Waals surface area contributed by atoms with Gasteiger partial charge in [-0.2, -0.15) is 0 Å². The third-order valence-electron chi connectivity index (χ3n) is 3.45. The molecule has 1 aromatic heterocycles. The van der Waals surface area contributed by atoms with E-state index in [1.807, 2.05) is 18.2 Å². The molecular weight excluding hydrogens is 242 g/mol. The molecule has 2 heterocycles. The predicted octanol–water partition coefficient (Wildman–Crippen LogP) is 1.61. The number of aromatic nitrogens is 3. The number of rotatable bonds is 2. The summed E-state index contributed by atoms with van der Waals surface area (Å²) in [6.07, 6.45) is 1.65. The van der Waals surface area contributed by atoms with Crippen molar-refractivity contribution >= 4 is 0 Å². The summed E-state index contributed by atoms with van der Waals surface area (Å²) in [5, 5.41) is 18.2. The highest BCUT2D eigenvalue weighted by molar-refractivity contribution is 5.48. The summed E-state index contributed by atoms with van der Waals surface area (Å²) in [7, 11) is 1.76. The number of hydrogen-bond donors (Lipinski definition) is 1. The normalized spacial score (nSPS) is 17.9. The lowest BCUT2D eigenvalue weighted by atomic mass is 9.98. The van der Waals surface area contributed by atoms with Crippen molar-refractivity contribution < 1.29 is 9.84 Å². The van der Waals surface area contributed by atoms with Crippen molar-refractivity contribution in [2.75, 3.05) is 0 Å². The quantitative estimate of drug-likeness (QED) is 0.890. The van der Waals surface area contributed by atoms with Gasteiger partial charge in [-0.05, 0) is 19.4 Å². The van der Waals surface area contributed by atoms with E-state index in [9.17, 15) is 5.11 Å². The van der Waals surface area contributed by atoms with Gasteiger partial charge in [-0.25, -0.2) is 4.68 Å². The summed E-state index contributed by atoms with van der Waals surface area (Å²) in [6, 6.07) is 5.88. The van der Waals surface area contributed by atoms with Gasteiger partial charge in [-0.15, -0.1) is 5.10 Å². The van der Waals surface area contributed by atoms with Crippen molar-refractivity contribution in [3.05, 3.63) is 41.2 Å². The summed E-state index contributed by atoms with van der Waals surface area (Å²) >= 11 is 0. The van der Waals surface area contributed by atoms with Crippen LogP contribution in [0.3, 0.4) is 0 Å². The zero-order valence-electron chi connectivity index (χ0n) is 11.3. The molecule has 2 aromatic rings. The number of aryl methyl sites for hydroxylation is 1. The van der Waals surface area contributed by atoms with Crippen LogP contribution in [0, 0.1) is 0 Å². The molecule has 5 nitrogen and oxygen atoms in total. The van der Waals surface area contributed by atoms with Crippen molar-refractivity contribution in [3.63, 3.8) is 0 Å². The van der Waals surface area contributed by atoms with E-state index in [-0.39, 0.29) is 5.60 Å². The van der Waals surface area contributed by atoms with Gasteiger partial charge < -0.3 is 9.84 Å². The minimum absolute atomic E-state index is 0.219. The molecule has 0 radical (unpaired) electrons. The van der Waals surface area contributed by atoms with Crippen LogP contribution in [0.4, 0.5) is 0 Å². The van der Waals surface area contributed by atoms with Crippen LogP contribution in [0.1, 0.15) is 36.8 Å². The van der Waals surface area contributed by atoms with Gasteiger partial charge in [-0.3, -0.25) is 0 Å². The van der Waals surface area contributed by atoms with Crippen LogP contribution >= 0.6 is 0 Å². The van der Waals surface area contributed by atoms with E-state index in [2.05, 4.69) is 24.2 Å². The minimum atomic E-state index is -0.774. The molecule has 0 saturated carbocycles. The fraction of sp³-hybridized carbons (Fsp3) is 0.429. The zero-order valence-corrected chi connectivity index (χ0v) is 11.3. The Labute approximate surface area is 111 Å². The average Bonchev–Trinajstić information content (AvgIpc) is 2.88. The highest BCUT2D eigenvalue weighted by Crippen LogP contribution is 2.41. The molecule has 1 unspecified atom stereocenters. The Kier molecular flexibility index (Phi) is 2.60. The van der Waals surface area contributed by atoms with Gasteiger partial charge in [0.25, 0.3) is 0 Å². The van der Waals surface area contributed by atoms with Crippen LogP contribution in [-0.2, 0) is 13.5 Å². The van der Waals surface area contributed by atoms with Crippen LogP contribution in [0.5, 0.6) is 5.75 Å². The Bertz CT molecular complexity index is 619. The van der Waals surface area contributed by atoms with Gasteiger partial charge in [0, 0.05) is 19.0 Å². The molecule has 5 heteroatoms. The number of ether oxygens (including phenoxy) is 1. The SMILES string of the molecule is Cn1nncc1C(O)c1cccc2c1OC(C)(C)C2. The topological polar surface area (TPSA) is 60.2 Å². The van der Waals surface area contributed by atoms with Crippen molar-refractivity contribution in [2.45, 2.75) is 32.0 Å². The summed E-state index contributed by atoms with van der Waals surface area (Å²) in [4.78, 5) is 0. The molecule has 0 aliphatic carbocycles. The lowest BCUT2D eigenvalue weighted by Gasteiger charge is -2.19. The van der Waals surface area contributed by atoms with Crippen LogP contribution in [0.2, 0.25) is 0 Å². The molecule has 0 bridgehead atoms. The summed E-state index contributed by atoms with van der Waals surface area (Å²) < 4.78 is 7.55. The monoisotopic (exact) mass is 259 g/mol. The number of para-hydroxylation sites is 1. The minimum Gasteiger partial charge on any atom is -0.487 e. The van der Waals surface area contributed by atoms with Gasteiger partial charge in [0.05, 0.1) is 11.9 Å². The first kappa shape index (κ1) is 12.2. The third kappa shape index (κ3) is 2.00. The molecule has 1 aliphatic rings. The van der Waals surface area contributed by atoms with Crippen LogP contribution in [-0.4, -0.2) is 25.7 Å². The maximum Gasteiger partial charge on any atom is 0.129 e. The Morgan fingerprint density at radius 2 is 2.21 bits per heavy atom. The Balaban J connectivity index is 2.04. The van der Waals surface area contributed by atoms with E-state index in [4.69, 9.17) is 4.74 Å². The maximum atomic E-state index is 10.5. The van der Waals surface area contributed by atoms with E-state index in [0.717, 1.165) is 23.3 Å². The summed E-state index contributed by atoms with van der Waals surface area (Å²) in [5.74, 6) is 0.793. The molecule has 0 fully saturated rings. The number of fused-ring (bicyclic) bond motifs is 1. The van der Waals surface area contributed by atoms with Crippen molar-refractivity contribution in [1.82, 2.24) is 15.0 Å². The van der Waals surface area contributed by atoms with Crippen LogP contribution in [0.25, 0.3) is 0 Å². The molecule has 1 aliphatic heterocycles. The largest absolute Gasteiger partial charge is 0.487 e. The lowest BCUT2D eigenvalue weighted by molar-refractivity contribution is 0.130. The number of benzene rings is 1. The molecule has 1 aromatic carbocycles.